The molecule has 0 fully saturated rings. The summed E-state index contributed by atoms with van der Waals surface area (Å²) in [6, 6.07) is 0. The minimum atomic E-state index is -1.09. The lowest BCUT2D eigenvalue weighted by atomic mass is 10.1. The third-order valence-electron chi connectivity index (χ3n) is 2.65. The molecule has 1 atom stereocenters. The lowest BCUT2D eigenvalue weighted by Gasteiger charge is -2.11. The largest absolute Gasteiger partial charge is 0.476 e. The number of nitrogens with zero attached hydrogens (tertiary/aromatic N) is 5. The van der Waals surface area contributed by atoms with Crippen LogP contribution in [0.15, 0.2) is 18.7 Å². The average Bonchev–Trinajstić information content (AvgIpc) is 2.83. The van der Waals surface area contributed by atoms with Crippen LogP contribution in [0.5, 0.6) is 0 Å². The Morgan fingerprint density at radius 3 is 2.79 bits per heavy atom. The van der Waals surface area contributed by atoms with Crippen LogP contribution >= 0.6 is 0 Å². The van der Waals surface area contributed by atoms with Gasteiger partial charge in [0.05, 0.1) is 12.4 Å². The Labute approximate surface area is 109 Å². The molecule has 2 aromatic heterocycles. The molecule has 2 heterocycles. The van der Waals surface area contributed by atoms with Crippen molar-refractivity contribution in [2.45, 2.75) is 12.8 Å². The Kier molecular flexibility index (Phi) is 3.69. The maximum Gasteiger partial charge on any atom is 0.356 e. The molecular formula is C11H14N6O2. The highest BCUT2D eigenvalue weighted by atomic mass is 16.4. The van der Waals surface area contributed by atoms with Crippen LogP contribution in [0, 0.1) is 0 Å². The number of aryl methyl sites for hydroxylation is 1. The quantitative estimate of drug-likeness (QED) is 0.809. The Balaban J connectivity index is 1.95. The van der Waals surface area contributed by atoms with Gasteiger partial charge < -0.3 is 15.0 Å². The van der Waals surface area contributed by atoms with Gasteiger partial charge in [0.25, 0.3) is 0 Å². The molecule has 0 saturated carbocycles. The van der Waals surface area contributed by atoms with Gasteiger partial charge in [-0.05, 0) is 0 Å². The van der Waals surface area contributed by atoms with Gasteiger partial charge in [-0.2, -0.15) is 0 Å². The van der Waals surface area contributed by atoms with Crippen LogP contribution in [0.4, 0.5) is 5.82 Å². The molecule has 2 rings (SSSR count). The smallest absolute Gasteiger partial charge is 0.356 e. The first-order chi connectivity index (χ1) is 9.08. The number of aromatic nitrogens is 5. The molecule has 0 amide bonds. The van der Waals surface area contributed by atoms with Crippen LogP contribution in [-0.4, -0.2) is 42.4 Å². The lowest BCUT2D eigenvalue weighted by molar-refractivity contribution is 0.0690. The number of hydrogen-bond acceptors (Lipinski definition) is 6. The maximum atomic E-state index is 10.6. The first-order valence-electron chi connectivity index (χ1n) is 5.71. The molecule has 0 spiro atoms. The van der Waals surface area contributed by atoms with Crippen molar-refractivity contribution in [1.82, 2.24) is 24.7 Å². The first-order valence-corrected chi connectivity index (χ1v) is 5.71. The van der Waals surface area contributed by atoms with Crippen molar-refractivity contribution in [2.24, 2.45) is 7.05 Å². The fourth-order valence-corrected chi connectivity index (χ4v) is 1.62. The predicted molar refractivity (Wildman–Crippen MR) is 66.9 cm³/mol. The van der Waals surface area contributed by atoms with E-state index in [-0.39, 0.29) is 11.6 Å². The molecule has 2 N–H and O–H groups in total. The summed E-state index contributed by atoms with van der Waals surface area (Å²) in [5.74, 6) is 0.446. The second kappa shape index (κ2) is 5.42. The summed E-state index contributed by atoms with van der Waals surface area (Å²) in [4.78, 5) is 18.4. The standard InChI is InChI=1S/C11H14N6O2/c1-7(10-16-15-6-17(10)2)3-13-9-5-12-8(4-14-9)11(18)19/h4-7H,3H2,1-2H3,(H,13,14)(H,18,19). The molecule has 8 nitrogen and oxygen atoms in total. The van der Waals surface area contributed by atoms with Crippen LogP contribution in [-0.2, 0) is 7.05 Å². The number of hydrogen-bond donors (Lipinski definition) is 2. The number of anilines is 1. The molecule has 19 heavy (non-hydrogen) atoms. The Morgan fingerprint density at radius 1 is 1.47 bits per heavy atom. The Hall–Kier alpha value is -2.51. The third kappa shape index (κ3) is 3.03. The number of aromatic carboxylic acids is 1. The number of rotatable bonds is 5. The second-order valence-electron chi connectivity index (χ2n) is 4.17. The number of carboxylic acids is 1. The first kappa shape index (κ1) is 12.9. The lowest BCUT2D eigenvalue weighted by Crippen LogP contribution is -2.14. The van der Waals surface area contributed by atoms with E-state index in [1.165, 1.54) is 12.4 Å². The highest BCUT2D eigenvalue weighted by Gasteiger charge is 2.11. The monoisotopic (exact) mass is 262 g/mol. The minimum Gasteiger partial charge on any atom is -0.476 e. The highest BCUT2D eigenvalue weighted by molar-refractivity contribution is 5.84. The fourth-order valence-electron chi connectivity index (χ4n) is 1.62. The van der Waals surface area contributed by atoms with Crippen LogP contribution in [0.2, 0.25) is 0 Å². The van der Waals surface area contributed by atoms with E-state index in [0.717, 1.165) is 5.82 Å². The number of carbonyl (C=O) groups is 1. The van der Waals surface area contributed by atoms with E-state index >= 15 is 0 Å². The zero-order chi connectivity index (χ0) is 13.8. The molecule has 1 unspecified atom stereocenters. The van der Waals surface area contributed by atoms with E-state index in [2.05, 4.69) is 25.5 Å². The summed E-state index contributed by atoms with van der Waals surface area (Å²) in [5, 5.41) is 19.6. The van der Waals surface area contributed by atoms with Gasteiger partial charge in [0.1, 0.15) is 18.0 Å². The topological polar surface area (TPSA) is 106 Å². The molecule has 0 saturated heterocycles. The van der Waals surface area contributed by atoms with E-state index in [0.29, 0.717) is 12.4 Å². The second-order valence-corrected chi connectivity index (χ2v) is 4.17. The van der Waals surface area contributed by atoms with E-state index in [1.807, 2.05) is 18.5 Å². The van der Waals surface area contributed by atoms with Gasteiger partial charge in [-0.1, -0.05) is 6.92 Å². The van der Waals surface area contributed by atoms with Crippen molar-refractivity contribution in [3.63, 3.8) is 0 Å². The van der Waals surface area contributed by atoms with Crippen molar-refractivity contribution in [2.75, 3.05) is 11.9 Å². The third-order valence-corrected chi connectivity index (χ3v) is 2.65. The molecular weight excluding hydrogens is 248 g/mol. The van der Waals surface area contributed by atoms with Crippen molar-refractivity contribution in [1.29, 1.82) is 0 Å². The summed E-state index contributed by atoms with van der Waals surface area (Å²) < 4.78 is 1.85. The molecule has 100 valence electrons. The summed E-state index contributed by atoms with van der Waals surface area (Å²) in [7, 11) is 1.88. The minimum absolute atomic E-state index is 0.0769. The zero-order valence-electron chi connectivity index (χ0n) is 10.6. The Bertz CT molecular complexity index is 565. The van der Waals surface area contributed by atoms with Gasteiger partial charge in [0.2, 0.25) is 0 Å². The van der Waals surface area contributed by atoms with Gasteiger partial charge in [-0.25, -0.2) is 14.8 Å². The molecule has 0 aliphatic heterocycles. The SMILES string of the molecule is CC(CNc1cnc(C(=O)O)cn1)c1nncn1C. The molecule has 0 aliphatic carbocycles. The number of nitrogens with one attached hydrogen (secondary N) is 1. The van der Waals surface area contributed by atoms with Crippen LogP contribution in [0.25, 0.3) is 0 Å². The Morgan fingerprint density at radius 2 is 2.26 bits per heavy atom. The van der Waals surface area contributed by atoms with Crippen molar-refractivity contribution in [3.05, 3.63) is 30.2 Å². The summed E-state index contributed by atoms with van der Waals surface area (Å²) in [5.41, 5.74) is -0.0769. The van der Waals surface area contributed by atoms with Gasteiger partial charge in [0.15, 0.2) is 5.69 Å². The molecule has 0 radical (unpaired) electrons. The highest BCUT2D eigenvalue weighted by Crippen LogP contribution is 2.12. The van der Waals surface area contributed by atoms with E-state index in [9.17, 15) is 4.79 Å². The normalized spacial score (nSPS) is 12.1. The van der Waals surface area contributed by atoms with Gasteiger partial charge in [-0.3, -0.25) is 0 Å². The van der Waals surface area contributed by atoms with Gasteiger partial charge in [-0.15, -0.1) is 10.2 Å². The predicted octanol–water partition coefficient (Wildman–Crippen LogP) is 0.519. The van der Waals surface area contributed by atoms with Crippen LogP contribution < -0.4 is 5.32 Å². The molecule has 0 bridgehead atoms. The molecule has 0 aliphatic rings. The van der Waals surface area contributed by atoms with Crippen LogP contribution in [0.1, 0.15) is 29.2 Å². The van der Waals surface area contributed by atoms with E-state index < -0.39 is 5.97 Å². The van der Waals surface area contributed by atoms with Gasteiger partial charge >= 0.3 is 5.97 Å². The number of carboxylic acid groups (broad SMARTS) is 1. The summed E-state index contributed by atoms with van der Waals surface area (Å²) in [6.45, 7) is 2.61. The average molecular weight is 262 g/mol. The molecule has 2 aromatic rings. The molecule has 8 heteroatoms. The van der Waals surface area contributed by atoms with Crippen molar-refractivity contribution < 1.29 is 9.90 Å². The zero-order valence-corrected chi connectivity index (χ0v) is 10.6. The summed E-state index contributed by atoms with van der Waals surface area (Å²) >= 11 is 0. The van der Waals surface area contributed by atoms with E-state index in [4.69, 9.17) is 5.11 Å². The fraction of sp³-hybridized carbons (Fsp3) is 0.364. The van der Waals surface area contributed by atoms with Gasteiger partial charge in [0, 0.05) is 19.5 Å². The molecule has 0 aromatic carbocycles. The van der Waals surface area contributed by atoms with Crippen molar-refractivity contribution >= 4 is 11.8 Å². The van der Waals surface area contributed by atoms with Crippen LogP contribution in [0.3, 0.4) is 0 Å². The van der Waals surface area contributed by atoms with Crippen molar-refractivity contribution in [3.8, 4) is 0 Å². The summed E-state index contributed by atoms with van der Waals surface area (Å²) in [6.07, 6.45) is 4.26. The van der Waals surface area contributed by atoms with E-state index in [1.54, 1.807) is 6.33 Å². The maximum absolute atomic E-state index is 10.6.